The number of carboxylic acids is 1. The maximum atomic E-state index is 12.7. The molecule has 1 aliphatic rings. The summed E-state index contributed by atoms with van der Waals surface area (Å²) in [6.45, 7) is 2.07. The summed E-state index contributed by atoms with van der Waals surface area (Å²) in [5, 5.41) is 9.56. The molecule has 1 heterocycles. The fourth-order valence-corrected chi connectivity index (χ4v) is 4.78. The fraction of sp³-hybridized carbons (Fsp3) is 0.462. The summed E-state index contributed by atoms with van der Waals surface area (Å²) in [6.07, 6.45) is 0.897. The van der Waals surface area contributed by atoms with Gasteiger partial charge in [-0.15, -0.1) is 0 Å². The van der Waals surface area contributed by atoms with Crippen molar-refractivity contribution in [2.75, 3.05) is 6.54 Å². The molecule has 0 amide bonds. The number of piperidine rings is 1. The Hall–Kier alpha value is -0.820. The van der Waals surface area contributed by atoms with Crippen molar-refractivity contribution in [3.05, 3.63) is 28.2 Å². The Morgan fingerprint density at radius 3 is 2.67 bits per heavy atom. The molecule has 1 saturated heterocycles. The molecule has 116 valence electrons. The molecule has 0 saturated carbocycles. The predicted octanol–water partition coefficient (Wildman–Crippen LogP) is 2.87. The van der Waals surface area contributed by atoms with Crippen LogP contribution >= 0.6 is 23.2 Å². The molecule has 1 aliphatic heterocycles. The minimum atomic E-state index is -4.00. The highest BCUT2D eigenvalue weighted by Gasteiger charge is 2.40. The molecular formula is C13H15Cl2NO4S. The summed E-state index contributed by atoms with van der Waals surface area (Å²) in [7, 11) is -4.00. The van der Waals surface area contributed by atoms with Crippen LogP contribution in [-0.2, 0) is 14.8 Å². The predicted molar refractivity (Wildman–Crippen MR) is 80.2 cm³/mol. The van der Waals surface area contributed by atoms with E-state index in [1.807, 2.05) is 6.92 Å². The number of hydrogen-bond acceptors (Lipinski definition) is 3. The Morgan fingerprint density at radius 2 is 2.05 bits per heavy atom. The lowest BCUT2D eigenvalue weighted by Crippen LogP contribution is -2.49. The zero-order chi connectivity index (χ0) is 15.8. The third-order valence-electron chi connectivity index (χ3n) is 3.58. The van der Waals surface area contributed by atoms with Gasteiger partial charge in [-0.1, -0.05) is 30.1 Å². The highest BCUT2D eigenvalue weighted by Crippen LogP contribution is 2.32. The number of sulfonamides is 1. The monoisotopic (exact) mass is 351 g/mol. The average molecular weight is 352 g/mol. The first kappa shape index (κ1) is 16.5. The molecule has 21 heavy (non-hydrogen) atoms. The first-order valence-electron chi connectivity index (χ1n) is 6.43. The van der Waals surface area contributed by atoms with E-state index in [1.165, 1.54) is 18.2 Å². The first-order chi connectivity index (χ1) is 9.73. The van der Waals surface area contributed by atoms with Crippen LogP contribution in [0.5, 0.6) is 0 Å². The van der Waals surface area contributed by atoms with E-state index in [9.17, 15) is 18.3 Å². The van der Waals surface area contributed by atoms with E-state index in [2.05, 4.69) is 0 Å². The molecular weight excluding hydrogens is 337 g/mol. The summed E-state index contributed by atoms with van der Waals surface area (Å²) in [5.41, 5.74) is 0. The average Bonchev–Trinajstić information content (AvgIpc) is 2.41. The van der Waals surface area contributed by atoms with Gasteiger partial charge in [0.05, 0.1) is 5.02 Å². The van der Waals surface area contributed by atoms with Gasteiger partial charge < -0.3 is 5.11 Å². The Bertz CT molecular complexity index is 662. The van der Waals surface area contributed by atoms with Crippen molar-refractivity contribution >= 4 is 39.2 Å². The van der Waals surface area contributed by atoms with Crippen LogP contribution in [0.15, 0.2) is 23.1 Å². The summed E-state index contributed by atoms with van der Waals surface area (Å²) >= 11 is 11.8. The number of nitrogens with zero attached hydrogens (tertiary/aromatic N) is 1. The number of aliphatic carboxylic acids is 1. The van der Waals surface area contributed by atoms with Gasteiger partial charge in [-0.05, 0) is 37.0 Å². The fourth-order valence-electron chi connectivity index (χ4n) is 2.43. The molecule has 2 unspecified atom stereocenters. The van der Waals surface area contributed by atoms with Gasteiger partial charge in [0.2, 0.25) is 10.0 Å². The molecule has 5 nitrogen and oxygen atoms in total. The topological polar surface area (TPSA) is 74.7 Å². The molecule has 2 rings (SSSR count). The second-order valence-electron chi connectivity index (χ2n) is 5.17. The second-order valence-corrected chi connectivity index (χ2v) is 7.88. The number of benzene rings is 1. The van der Waals surface area contributed by atoms with Gasteiger partial charge in [-0.3, -0.25) is 4.79 Å². The quantitative estimate of drug-likeness (QED) is 0.908. The van der Waals surface area contributed by atoms with Crippen molar-refractivity contribution in [2.45, 2.75) is 30.7 Å². The van der Waals surface area contributed by atoms with Gasteiger partial charge in [0, 0.05) is 11.6 Å². The van der Waals surface area contributed by atoms with E-state index in [4.69, 9.17) is 23.2 Å². The largest absolute Gasteiger partial charge is 0.480 e. The number of carboxylic acid groups (broad SMARTS) is 1. The highest BCUT2D eigenvalue weighted by atomic mass is 35.5. The maximum Gasteiger partial charge on any atom is 0.322 e. The van der Waals surface area contributed by atoms with Crippen molar-refractivity contribution in [1.82, 2.24) is 4.31 Å². The SMILES string of the molecule is CC1CCN(S(=O)(=O)c2cc(Cl)ccc2Cl)C(C(=O)O)C1. The van der Waals surface area contributed by atoms with E-state index in [0.29, 0.717) is 6.42 Å². The van der Waals surface area contributed by atoms with E-state index in [1.54, 1.807) is 0 Å². The molecule has 0 aromatic heterocycles. The van der Waals surface area contributed by atoms with E-state index in [-0.39, 0.29) is 33.8 Å². The van der Waals surface area contributed by atoms with Gasteiger partial charge in [-0.25, -0.2) is 8.42 Å². The lowest BCUT2D eigenvalue weighted by Gasteiger charge is -2.35. The standard InChI is InChI=1S/C13H15Cl2NO4S/c1-8-4-5-16(11(6-8)13(17)18)21(19,20)12-7-9(14)2-3-10(12)15/h2-3,7-8,11H,4-6H2,1H3,(H,17,18). The third-order valence-corrected chi connectivity index (χ3v) is 6.21. The first-order valence-corrected chi connectivity index (χ1v) is 8.62. The Balaban J connectivity index is 2.46. The van der Waals surface area contributed by atoms with Crippen LogP contribution < -0.4 is 0 Å². The summed E-state index contributed by atoms with van der Waals surface area (Å²) in [5.74, 6) is -0.990. The summed E-state index contributed by atoms with van der Waals surface area (Å²) in [6, 6.07) is 3.04. The van der Waals surface area contributed by atoms with Gasteiger partial charge in [-0.2, -0.15) is 4.31 Å². The lowest BCUT2D eigenvalue weighted by molar-refractivity contribution is -0.143. The molecule has 1 aromatic carbocycles. The normalized spacial score (nSPS) is 24.0. The zero-order valence-electron chi connectivity index (χ0n) is 11.3. The number of hydrogen-bond donors (Lipinski definition) is 1. The smallest absolute Gasteiger partial charge is 0.322 e. The Morgan fingerprint density at radius 1 is 1.38 bits per heavy atom. The van der Waals surface area contributed by atoms with Crippen LogP contribution in [0.25, 0.3) is 0 Å². The van der Waals surface area contributed by atoms with Crippen LogP contribution in [0.4, 0.5) is 0 Å². The number of halogens is 2. The van der Waals surface area contributed by atoms with Crippen molar-refractivity contribution in [2.24, 2.45) is 5.92 Å². The Kier molecular flexibility index (Phi) is 4.82. The van der Waals surface area contributed by atoms with Crippen molar-refractivity contribution < 1.29 is 18.3 Å². The summed E-state index contributed by atoms with van der Waals surface area (Å²) < 4.78 is 26.4. The van der Waals surface area contributed by atoms with Crippen LogP contribution in [0, 0.1) is 5.92 Å². The lowest BCUT2D eigenvalue weighted by atomic mass is 9.94. The molecule has 1 aromatic rings. The molecule has 0 aliphatic carbocycles. The van der Waals surface area contributed by atoms with Gasteiger partial charge in [0.1, 0.15) is 10.9 Å². The number of carbonyl (C=O) groups is 1. The van der Waals surface area contributed by atoms with Crippen LogP contribution in [0.3, 0.4) is 0 Å². The maximum absolute atomic E-state index is 12.7. The minimum absolute atomic E-state index is 0.0298. The number of rotatable bonds is 3. The molecule has 0 bridgehead atoms. The zero-order valence-corrected chi connectivity index (χ0v) is 13.6. The van der Waals surface area contributed by atoms with Crippen molar-refractivity contribution in [3.63, 3.8) is 0 Å². The molecule has 2 atom stereocenters. The molecule has 8 heteroatoms. The van der Waals surface area contributed by atoms with Crippen LogP contribution in [0.1, 0.15) is 19.8 Å². The molecule has 1 N–H and O–H groups in total. The Labute approximate surface area is 133 Å². The van der Waals surface area contributed by atoms with Gasteiger partial charge >= 0.3 is 5.97 Å². The third kappa shape index (κ3) is 3.34. The summed E-state index contributed by atoms with van der Waals surface area (Å²) in [4.78, 5) is 11.2. The van der Waals surface area contributed by atoms with Crippen molar-refractivity contribution in [1.29, 1.82) is 0 Å². The van der Waals surface area contributed by atoms with Crippen LogP contribution in [0.2, 0.25) is 10.0 Å². The van der Waals surface area contributed by atoms with Gasteiger partial charge in [0.25, 0.3) is 0 Å². The van der Waals surface area contributed by atoms with Crippen LogP contribution in [-0.4, -0.2) is 36.4 Å². The molecule has 1 fully saturated rings. The van der Waals surface area contributed by atoms with E-state index < -0.39 is 22.0 Å². The van der Waals surface area contributed by atoms with E-state index in [0.717, 1.165) is 4.31 Å². The molecule has 0 radical (unpaired) electrons. The second kappa shape index (κ2) is 6.12. The van der Waals surface area contributed by atoms with Crippen molar-refractivity contribution in [3.8, 4) is 0 Å². The molecule has 0 spiro atoms. The van der Waals surface area contributed by atoms with Gasteiger partial charge in [0.15, 0.2) is 0 Å². The highest BCUT2D eigenvalue weighted by molar-refractivity contribution is 7.89. The van der Waals surface area contributed by atoms with E-state index >= 15 is 0 Å². The minimum Gasteiger partial charge on any atom is -0.480 e.